The van der Waals surface area contributed by atoms with E-state index in [4.69, 9.17) is 0 Å². The minimum absolute atomic E-state index is 0.0993. The van der Waals surface area contributed by atoms with Gasteiger partial charge in [-0.25, -0.2) is 4.98 Å². The van der Waals surface area contributed by atoms with E-state index in [2.05, 4.69) is 31.0 Å². The molecule has 0 radical (unpaired) electrons. The largest absolute Gasteiger partial charge is 0.573 e. The number of benzene rings is 1. The van der Waals surface area contributed by atoms with Gasteiger partial charge in [-0.15, -0.1) is 13.2 Å². The topological polar surface area (TPSA) is 71.5 Å². The molecule has 0 bridgehead atoms. The number of aromatic nitrogens is 1. The number of para-hydroxylation sites is 1. The third-order valence-corrected chi connectivity index (χ3v) is 5.28. The van der Waals surface area contributed by atoms with Crippen molar-refractivity contribution in [3.8, 4) is 5.75 Å². The minimum atomic E-state index is -4.89. The van der Waals surface area contributed by atoms with Crippen molar-refractivity contribution in [3.63, 3.8) is 0 Å². The third kappa shape index (κ3) is 5.50. The summed E-state index contributed by atoms with van der Waals surface area (Å²) in [5.74, 6) is -1.51. The summed E-state index contributed by atoms with van der Waals surface area (Å²) in [6, 6.07) is 8.27. The Balaban J connectivity index is 1.64. The number of likely N-dealkylation sites (tertiary alicyclic amines) is 1. The summed E-state index contributed by atoms with van der Waals surface area (Å²) in [4.78, 5) is 31.0. The highest BCUT2D eigenvalue weighted by Gasteiger charge is 2.34. The predicted octanol–water partition coefficient (Wildman–Crippen LogP) is 4.02. The number of nitrogens with one attached hydrogen (secondary N) is 1. The van der Waals surface area contributed by atoms with Gasteiger partial charge in [-0.3, -0.25) is 9.59 Å². The molecule has 2 heterocycles. The van der Waals surface area contributed by atoms with E-state index in [1.807, 2.05) is 6.92 Å². The van der Waals surface area contributed by atoms with Crippen molar-refractivity contribution < 1.29 is 27.5 Å². The van der Waals surface area contributed by atoms with E-state index in [-0.39, 0.29) is 23.4 Å². The average molecular weight is 486 g/mol. The smallest absolute Gasteiger partial charge is 0.405 e. The highest BCUT2D eigenvalue weighted by Crippen LogP contribution is 2.27. The Morgan fingerprint density at radius 2 is 1.97 bits per heavy atom. The number of hydrogen-bond acceptors (Lipinski definition) is 4. The number of pyridine rings is 1. The first-order chi connectivity index (χ1) is 14.1. The number of halogens is 4. The fraction of sp³-hybridized carbons (Fsp3) is 0.350. The molecule has 0 saturated carbocycles. The van der Waals surface area contributed by atoms with Gasteiger partial charge in [0.1, 0.15) is 11.4 Å². The van der Waals surface area contributed by atoms with Crippen LogP contribution in [0.2, 0.25) is 0 Å². The predicted molar refractivity (Wildman–Crippen MR) is 106 cm³/mol. The fourth-order valence-corrected chi connectivity index (χ4v) is 3.56. The van der Waals surface area contributed by atoms with Gasteiger partial charge in [-0.05, 0) is 52.5 Å². The van der Waals surface area contributed by atoms with Crippen LogP contribution in [0.5, 0.6) is 5.75 Å². The monoisotopic (exact) mass is 485 g/mol. The van der Waals surface area contributed by atoms with Gasteiger partial charge in [-0.1, -0.05) is 19.1 Å². The fourth-order valence-electron chi connectivity index (χ4n) is 3.32. The van der Waals surface area contributed by atoms with E-state index in [9.17, 15) is 22.8 Å². The lowest BCUT2D eigenvalue weighted by atomic mass is 9.93. The van der Waals surface area contributed by atoms with E-state index >= 15 is 0 Å². The van der Waals surface area contributed by atoms with E-state index < -0.39 is 18.0 Å². The molecule has 30 heavy (non-hydrogen) atoms. The maximum atomic E-state index is 12.6. The lowest BCUT2D eigenvalue weighted by molar-refractivity contribution is -0.274. The molecule has 10 heteroatoms. The van der Waals surface area contributed by atoms with Crippen molar-refractivity contribution in [1.29, 1.82) is 0 Å². The second-order valence-electron chi connectivity index (χ2n) is 7.00. The number of rotatable bonds is 4. The first kappa shape index (κ1) is 22.1. The SMILES string of the molecule is C[C@H]1CN(C(=O)c2ccc(Br)cn2)CC[C@H]1NC(=O)c1ccccc1OC(F)(F)F. The van der Waals surface area contributed by atoms with Crippen LogP contribution in [0.3, 0.4) is 0 Å². The van der Waals surface area contributed by atoms with Gasteiger partial charge in [-0.2, -0.15) is 0 Å². The second kappa shape index (κ2) is 9.03. The van der Waals surface area contributed by atoms with Crippen LogP contribution in [-0.4, -0.2) is 47.2 Å². The molecule has 2 amide bonds. The zero-order chi connectivity index (χ0) is 21.9. The Bertz CT molecular complexity index is 922. The quantitative estimate of drug-likeness (QED) is 0.709. The Morgan fingerprint density at radius 1 is 1.23 bits per heavy atom. The summed E-state index contributed by atoms with van der Waals surface area (Å²) in [5, 5.41) is 2.77. The molecule has 1 aliphatic rings. The molecule has 2 atom stereocenters. The molecule has 1 aliphatic heterocycles. The second-order valence-corrected chi connectivity index (χ2v) is 7.92. The summed E-state index contributed by atoms with van der Waals surface area (Å²) in [6.07, 6.45) is -2.88. The van der Waals surface area contributed by atoms with E-state index in [1.54, 1.807) is 23.2 Å². The molecule has 1 fully saturated rings. The Labute approximate surface area is 179 Å². The van der Waals surface area contributed by atoms with Crippen LogP contribution < -0.4 is 10.1 Å². The van der Waals surface area contributed by atoms with Gasteiger partial charge in [0.25, 0.3) is 11.8 Å². The van der Waals surface area contributed by atoms with Crippen LogP contribution in [0.1, 0.15) is 34.2 Å². The average Bonchev–Trinajstić information content (AvgIpc) is 2.68. The van der Waals surface area contributed by atoms with Crippen LogP contribution >= 0.6 is 15.9 Å². The van der Waals surface area contributed by atoms with Crippen LogP contribution in [0.4, 0.5) is 13.2 Å². The molecule has 160 valence electrons. The summed E-state index contributed by atoms with van der Waals surface area (Å²) in [7, 11) is 0. The number of carbonyl (C=O) groups excluding carboxylic acids is 2. The normalized spacial score (nSPS) is 19.3. The number of alkyl halides is 3. The lowest BCUT2D eigenvalue weighted by Gasteiger charge is -2.37. The van der Waals surface area contributed by atoms with E-state index in [0.29, 0.717) is 25.2 Å². The number of ether oxygens (including phenoxy) is 1. The molecule has 0 unspecified atom stereocenters. The lowest BCUT2D eigenvalue weighted by Crippen LogP contribution is -2.51. The molecule has 1 aromatic heterocycles. The van der Waals surface area contributed by atoms with Gasteiger partial charge in [0.05, 0.1) is 5.56 Å². The van der Waals surface area contributed by atoms with Crippen molar-refractivity contribution in [2.24, 2.45) is 5.92 Å². The molecule has 6 nitrogen and oxygen atoms in total. The number of piperidine rings is 1. The summed E-state index contributed by atoms with van der Waals surface area (Å²) < 4.78 is 42.5. The molecule has 2 aromatic rings. The Hall–Kier alpha value is -2.62. The molecule has 1 saturated heterocycles. The molecule has 1 N–H and O–H groups in total. The van der Waals surface area contributed by atoms with E-state index in [0.717, 1.165) is 10.5 Å². The van der Waals surface area contributed by atoms with Gasteiger partial charge in [0.15, 0.2) is 0 Å². The molecular formula is C20H19BrF3N3O3. The standard InChI is InChI=1S/C20H19BrF3N3O3/c1-12-11-27(19(29)16-7-6-13(21)10-25-16)9-8-15(12)26-18(28)14-4-2-3-5-17(14)30-20(22,23)24/h2-7,10,12,15H,8-9,11H2,1H3,(H,26,28)/t12-,15+/m0/s1. The zero-order valence-electron chi connectivity index (χ0n) is 15.9. The molecule has 0 aliphatic carbocycles. The molecular weight excluding hydrogens is 467 g/mol. The van der Waals surface area contributed by atoms with Gasteiger partial charge >= 0.3 is 6.36 Å². The molecule has 0 spiro atoms. The number of hydrogen-bond donors (Lipinski definition) is 1. The van der Waals surface area contributed by atoms with E-state index in [1.165, 1.54) is 18.2 Å². The van der Waals surface area contributed by atoms with Crippen molar-refractivity contribution in [3.05, 3.63) is 58.3 Å². The zero-order valence-corrected chi connectivity index (χ0v) is 17.5. The van der Waals surface area contributed by atoms with Crippen molar-refractivity contribution >= 4 is 27.7 Å². The van der Waals surface area contributed by atoms with Crippen LogP contribution in [0.25, 0.3) is 0 Å². The summed E-state index contributed by atoms with van der Waals surface area (Å²) in [5.41, 5.74) is 0.130. The Morgan fingerprint density at radius 3 is 2.60 bits per heavy atom. The van der Waals surface area contributed by atoms with Gasteiger partial charge in [0, 0.05) is 29.8 Å². The van der Waals surface area contributed by atoms with Crippen molar-refractivity contribution in [2.45, 2.75) is 25.7 Å². The highest BCUT2D eigenvalue weighted by molar-refractivity contribution is 9.10. The van der Waals surface area contributed by atoms with Crippen molar-refractivity contribution in [1.82, 2.24) is 15.2 Å². The minimum Gasteiger partial charge on any atom is -0.405 e. The summed E-state index contributed by atoms with van der Waals surface area (Å²) >= 11 is 3.27. The number of carbonyl (C=O) groups is 2. The number of nitrogens with zero attached hydrogens (tertiary/aromatic N) is 2. The number of amides is 2. The molecule has 3 rings (SSSR count). The first-order valence-electron chi connectivity index (χ1n) is 9.20. The maximum absolute atomic E-state index is 12.6. The maximum Gasteiger partial charge on any atom is 0.573 e. The van der Waals surface area contributed by atoms with Gasteiger partial charge in [0.2, 0.25) is 0 Å². The van der Waals surface area contributed by atoms with Crippen LogP contribution in [0.15, 0.2) is 47.1 Å². The van der Waals surface area contributed by atoms with Crippen LogP contribution in [-0.2, 0) is 0 Å². The Kier molecular flexibility index (Phi) is 6.64. The van der Waals surface area contributed by atoms with Crippen LogP contribution in [0, 0.1) is 5.92 Å². The van der Waals surface area contributed by atoms with Crippen molar-refractivity contribution in [2.75, 3.05) is 13.1 Å². The third-order valence-electron chi connectivity index (χ3n) is 4.81. The molecule has 1 aromatic carbocycles. The first-order valence-corrected chi connectivity index (χ1v) is 10.00. The highest BCUT2D eigenvalue weighted by atomic mass is 79.9. The van der Waals surface area contributed by atoms with Gasteiger partial charge < -0.3 is 15.0 Å². The summed E-state index contributed by atoms with van der Waals surface area (Å²) in [6.45, 7) is 2.66.